The van der Waals surface area contributed by atoms with E-state index in [1.807, 2.05) is 13.8 Å². The smallest absolute Gasteiger partial charge is 0.338 e. The number of esters is 1. The number of benzene rings is 2. The maximum absolute atomic E-state index is 13.7. The first kappa shape index (κ1) is 26.8. The highest BCUT2D eigenvalue weighted by Crippen LogP contribution is 2.36. The molecule has 0 amide bonds. The third kappa shape index (κ3) is 5.23. The molecule has 11 heteroatoms. The summed E-state index contributed by atoms with van der Waals surface area (Å²) in [6.45, 7) is 7.36. The van der Waals surface area contributed by atoms with Gasteiger partial charge in [0.15, 0.2) is 16.3 Å². The molecule has 0 unspecified atom stereocenters. The minimum Gasteiger partial charge on any atom is -0.493 e. The van der Waals surface area contributed by atoms with Crippen molar-refractivity contribution in [2.75, 3.05) is 13.7 Å². The lowest BCUT2D eigenvalue weighted by Gasteiger charge is -2.25. The molecular formula is C27H27N3O7S. The molecular weight excluding hydrogens is 510 g/mol. The number of nitro groups is 1. The molecule has 1 atom stereocenters. The van der Waals surface area contributed by atoms with Gasteiger partial charge in [0.2, 0.25) is 0 Å². The summed E-state index contributed by atoms with van der Waals surface area (Å²) in [5.41, 5.74) is 1.30. The molecule has 0 aliphatic carbocycles. The van der Waals surface area contributed by atoms with Crippen molar-refractivity contribution in [2.45, 2.75) is 39.8 Å². The lowest BCUT2D eigenvalue weighted by molar-refractivity contribution is -0.384. The van der Waals surface area contributed by atoms with Gasteiger partial charge in [-0.05, 0) is 57.0 Å². The van der Waals surface area contributed by atoms with Gasteiger partial charge in [-0.15, -0.1) is 0 Å². The molecule has 1 aliphatic heterocycles. The molecule has 4 rings (SSSR count). The number of carbonyl (C=O) groups excluding carboxylic acids is 1. The van der Waals surface area contributed by atoms with E-state index in [9.17, 15) is 19.7 Å². The van der Waals surface area contributed by atoms with E-state index in [0.29, 0.717) is 37.7 Å². The molecule has 38 heavy (non-hydrogen) atoms. The number of allylic oxidation sites excluding steroid dienone is 1. The third-order valence-electron chi connectivity index (χ3n) is 5.76. The number of ether oxygens (including phenoxy) is 3. The van der Waals surface area contributed by atoms with Crippen LogP contribution < -0.4 is 24.4 Å². The quantitative estimate of drug-likeness (QED) is 0.245. The Morgan fingerprint density at radius 3 is 2.66 bits per heavy atom. The van der Waals surface area contributed by atoms with E-state index in [0.717, 1.165) is 11.3 Å². The molecule has 198 valence electrons. The van der Waals surface area contributed by atoms with Crippen LogP contribution in [0.2, 0.25) is 0 Å². The fourth-order valence-electron chi connectivity index (χ4n) is 4.19. The molecule has 10 nitrogen and oxygen atoms in total. The second-order valence-electron chi connectivity index (χ2n) is 8.73. The number of nitrogens with zero attached hydrogens (tertiary/aromatic N) is 3. The molecule has 1 aliphatic rings. The van der Waals surface area contributed by atoms with Crippen LogP contribution in [0.1, 0.15) is 44.9 Å². The van der Waals surface area contributed by atoms with Gasteiger partial charge in [-0.2, -0.15) is 0 Å². The molecule has 0 spiro atoms. The molecule has 1 aromatic heterocycles. The summed E-state index contributed by atoms with van der Waals surface area (Å²) < 4.78 is 18.5. The van der Waals surface area contributed by atoms with Crippen molar-refractivity contribution in [3.05, 3.63) is 94.7 Å². The van der Waals surface area contributed by atoms with E-state index in [2.05, 4.69) is 4.99 Å². The zero-order chi connectivity index (χ0) is 27.6. The van der Waals surface area contributed by atoms with Crippen molar-refractivity contribution < 1.29 is 23.9 Å². The Kier molecular flexibility index (Phi) is 7.77. The molecule has 0 saturated carbocycles. The Morgan fingerprint density at radius 1 is 1.24 bits per heavy atom. The minimum atomic E-state index is -0.834. The Hall–Kier alpha value is -4.25. The molecule has 3 aromatic rings. The van der Waals surface area contributed by atoms with Gasteiger partial charge >= 0.3 is 5.97 Å². The van der Waals surface area contributed by atoms with Crippen molar-refractivity contribution in [1.82, 2.24) is 4.57 Å². The first-order valence-electron chi connectivity index (χ1n) is 11.9. The summed E-state index contributed by atoms with van der Waals surface area (Å²) >= 11 is 1.14. The molecule has 2 aromatic carbocycles. The number of hydrogen-bond donors (Lipinski definition) is 0. The van der Waals surface area contributed by atoms with Crippen LogP contribution in [0, 0.1) is 10.1 Å². The van der Waals surface area contributed by atoms with Crippen LogP contribution in [0.5, 0.6) is 11.5 Å². The number of carbonyl (C=O) groups is 1. The van der Waals surface area contributed by atoms with Crippen molar-refractivity contribution >= 4 is 29.1 Å². The summed E-state index contributed by atoms with van der Waals surface area (Å²) in [6.07, 6.45) is 1.50. The number of fused-ring (bicyclic) bond motifs is 1. The highest BCUT2D eigenvalue weighted by molar-refractivity contribution is 7.07. The average Bonchev–Trinajstić information content (AvgIpc) is 3.17. The number of aromatic nitrogens is 1. The van der Waals surface area contributed by atoms with Gasteiger partial charge in [0.1, 0.15) is 0 Å². The van der Waals surface area contributed by atoms with Crippen molar-refractivity contribution in [1.29, 1.82) is 0 Å². The van der Waals surface area contributed by atoms with E-state index in [4.69, 9.17) is 14.2 Å². The van der Waals surface area contributed by atoms with Gasteiger partial charge in [-0.25, -0.2) is 9.79 Å². The van der Waals surface area contributed by atoms with Crippen molar-refractivity contribution in [2.24, 2.45) is 4.99 Å². The van der Waals surface area contributed by atoms with Crippen LogP contribution in [0.4, 0.5) is 5.69 Å². The topological polar surface area (TPSA) is 122 Å². The number of hydrogen-bond acceptors (Lipinski definition) is 9. The molecule has 0 fully saturated rings. The van der Waals surface area contributed by atoms with Crippen LogP contribution in [0.25, 0.3) is 6.08 Å². The van der Waals surface area contributed by atoms with Gasteiger partial charge in [-0.3, -0.25) is 19.5 Å². The van der Waals surface area contributed by atoms with Gasteiger partial charge in [0, 0.05) is 12.1 Å². The summed E-state index contributed by atoms with van der Waals surface area (Å²) in [6, 6.07) is 10.4. The monoisotopic (exact) mass is 537 g/mol. The lowest BCUT2D eigenvalue weighted by Crippen LogP contribution is -2.40. The number of nitro benzene ring substituents is 1. The standard InChI is InChI=1S/C27H27N3O7S/c1-6-36-26(32)23-16(4)28-27-29(24(23)18-10-11-20(37-15(2)3)21(14-18)35-5)25(31)22(38-27)13-17-8-7-9-19(12-17)30(33)34/h7-15,24H,6H2,1-5H3/b22-13-/t24-/m0/s1. The first-order valence-corrected chi connectivity index (χ1v) is 12.7. The van der Waals surface area contributed by atoms with E-state index in [-0.39, 0.29) is 29.5 Å². The molecule has 2 heterocycles. The van der Waals surface area contributed by atoms with Crippen molar-refractivity contribution in [3.63, 3.8) is 0 Å². The Bertz CT molecular complexity index is 1620. The normalized spacial score (nSPS) is 15.2. The predicted octanol–water partition coefficient (Wildman–Crippen LogP) is 3.50. The SMILES string of the molecule is CCOC(=O)C1=C(C)N=c2s/c(=C\c3cccc([N+](=O)[O-])c3)c(=O)n2[C@H]1c1ccc(OC(C)C)c(OC)c1. The second-order valence-corrected chi connectivity index (χ2v) is 9.74. The number of rotatable bonds is 8. The molecule has 0 radical (unpaired) electrons. The maximum Gasteiger partial charge on any atom is 0.338 e. The van der Waals surface area contributed by atoms with E-state index in [1.54, 1.807) is 50.3 Å². The number of non-ortho nitro benzene ring substituents is 1. The second kappa shape index (κ2) is 11.0. The lowest BCUT2D eigenvalue weighted by atomic mass is 9.95. The molecule has 0 bridgehead atoms. The van der Waals surface area contributed by atoms with Gasteiger partial charge in [-0.1, -0.05) is 29.5 Å². The zero-order valence-electron chi connectivity index (χ0n) is 21.6. The fraction of sp³-hybridized carbons (Fsp3) is 0.296. The van der Waals surface area contributed by atoms with Crippen LogP contribution in [0.15, 0.2) is 63.5 Å². The van der Waals surface area contributed by atoms with Gasteiger partial charge in [0.25, 0.3) is 11.2 Å². The average molecular weight is 538 g/mol. The zero-order valence-corrected chi connectivity index (χ0v) is 22.4. The van der Waals surface area contributed by atoms with Crippen LogP contribution in [0.3, 0.4) is 0 Å². The Balaban J connectivity index is 1.94. The number of methoxy groups -OCH3 is 1. The Morgan fingerprint density at radius 2 is 2.00 bits per heavy atom. The minimum absolute atomic E-state index is 0.0827. The van der Waals surface area contributed by atoms with E-state index in [1.165, 1.54) is 23.8 Å². The van der Waals surface area contributed by atoms with E-state index < -0.39 is 16.9 Å². The summed E-state index contributed by atoms with van der Waals surface area (Å²) in [4.78, 5) is 42.5. The predicted molar refractivity (Wildman–Crippen MR) is 142 cm³/mol. The first-order chi connectivity index (χ1) is 18.1. The maximum atomic E-state index is 13.7. The summed E-state index contributed by atoms with van der Waals surface area (Å²) in [5.74, 6) is 0.406. The third-order valence-corrected chi connectivity index (χ3v) is 6.74. The summed E-state index contributed by atoms with van der Waals surface area (Å²) in [7, 11) is 1.52. The van der Waals surface area contributed by atoms with Crippen LogP contribution >= 0.6 is 11.3 Å². The van der Waals surface area contributed by atoms with Crippen LogP contribution in [-0.2, 0) is 9.53 Å². The highest BCUT2D eigenvalue weighted by atomic mass is 32.1. The highest BCUT2D eigenvalue weighted by Gasteiger charge is 2.34. The Labute approximate surface area is 222 Å². The van der Waals surface area contributed by atoms with Gasteiger partial charge < -0.3 is 14.2 Å². The fourth-order valence-corrected chi connectivity index (χ4v) is 5.24. The number of thiazole rings is 1. The largest absolute Gasteiger partial charge is 0.493 e. The van der Waals surface area contributed by atoms with Crippen LogP contribution in [-0.4, -0.2) is 35.3 Å². The van der Waals surface area contributed by atoms with Gasteiger partial charge in [0.05, 0.1) is 46.6 Å². The molecule has 0 N–H and O–H groups in total. The molecule has 0 saturated heterocycles. The van der Waals surface area contributed by atoms with Crippen molar-refractivity contribution in [3.8, 4) is 11.5 Å². The van der Waals surface area contributed by atoms with E-state index >= 15 is 0 Å². The summed E-state index contributed by atoms with van der Waals surface area (Å²) in [5, 5.41) is 11.2.